The second-order valence-corrected chi connectivity index (χ2v) is 10.8. The molecule has 0 atom stereocenters. The highest BCUT2D eigenvalue weighted by molar-refractivity contribution is 5.83. The van der Waals surface area contributed by atoms with Gasteiger partial charge in [-0.25, -0.2) is 0 Å². The Morgan fingerprint density at radius 1 is 0.596 bits per heavy atom. The second-order valence-electron chi connectivity index (χ2n) is 10.8. The molecule has 2 aliphatic heterocycles. The molecule has 0 spiro atoms. The van der Waals surface area contributed by atoms with Gasteiger partial charge in [-0.3, -0.25) is 0 Å². The lowest BCUT2D eigenvalue weighted by Gasteiger charge is -2.31. The molecule has 47 heavy (non-hydrogen) atoms. The molecule has 0 saturated carbocycles. The number of benzene rings is 3. The summed E-state index contributed by atoms with van der Waals surface area (Å²) in [5.74, 6) is 2.56. The van der Waals surface area contributed by atoms with Crippen molar-refractivity contribution in [3.05, 3.63) is 47.5 Å². The summed E-state index contributed by atoms with van der Waals surface area (Å²) in [4.78, 5) is 4.42. The van der Waals surface area contributed by atoms with Gasteiger partial charge in [-0.15, -0.1) is 0 Å². The smallest absolute Gasteiger partial charge is 0.145 e. The van der Waals surface area contributed by atoms with Crippen LogP contribution in [0.4, 0.5) is 34.1 Å². The molecule has 0 amide bonds. The first-order valence-electron chi connectivity index (χ1n) is 16.0. The van der Waals surface area contributed by atoms with Crippen LogP contribution in [-0.2, 0) is 9.47 Å². The Labute approximate surface area is 276 Å². The number of hydrogen-bond acceptors (Lipinski definition) is 12. The van der Waals surface area contributed by atoms with Gasteiger partial charge in [0, 0.05) is 50.4 Å². The van der Waals surface area contributed by atoms with E-state index in [1.807, 2.05) is 45.0 Å². The zero-order valence-corrected chi connectivity index (χ0v) is 27.5. The summed E-state index contributed by atoms with van der Waals surface area (Å²) in [5, 5.41) is 27.1. The molecule has 12 nitrogen and oxygen atoms in total. The Morgan fingerprint density at radius 3 is 1.40 bits per heavy atom. The first-order chi connectivity index (χ1) is 23.0. The standard InChI is InChI=1S/C35H42N6O6/c1-5-45-33-21-31(41-10-14-44-15-11-41)35(47-7-3)19-29(33)39-27-17-24(22-36)26(16-25(27)23-37)38-28-18-34(46-6-2)30(20-32(28)42-4)40-8-12-43-13-9-40/h16-21,38-39H,5-15H2,1-4H3. The molecule has 2 fully saturated rings. The summed E-state index contributed by atoms with van der Waals surface area (Å²) < 4.78 is 35.0. The molecule has 0 aromatic heterocycles. The highest BCUT2D eigenvalue weighted by Gasteiger charge is 2.23. The van der Waals surface area contributed by atoms with E-state index >= 15 is 0 Å². The number of morpholine rings is 2. The summed E-state index contributed by atoms with van der Waals surface area (Å²) in [5.41, 5.74) is 4.63. The molecule has 248 valence electrons. The van der Waals surface area contributed by atoms with Crippen LogP contribution in [0.5, 0.6) is 23.0 Å². The van der Waals surface area contributed by atoms with Crippen LogP contribution in [0.3, 0.4) is 0 Å². The third-order valence-electron chi connectivity index (χ3n) is 7.88. The number of anilines is 6. The fraction of sp³-hybridized carbons (Fsp3) is 0.429. The van der Waals surface area contributed by atoms with Gasteiger partial charge in [0.1, 0.15) is 35.1 Å². The highest BCUT2D eigenvalue weighted by Crippen LogP contribution is 2.43. The van der Waals surface area contributed by atoms with Crippen LogP contribution in [0.15, 0.2) is 36.4 Å². The van der Waals surface area contributed by atoms with E-state index < -0.39 is 0 Å². The number of methoxy groups -OCH3 is 1. The maximum absolute atomic E-state index is 10.2. The molecular formula is C35H42N6O6. The molecule has 12 heteroatoms. The van der Waals surface area contributed by atoms with Crippen LogP contribution in [0.2, 0.25) is 0 Å². The zero-order valence-electron chi connectivity index (χ0n) is 27.5. The quantitative estimate of drug-likeness (QED) is 0.234. The largest absolute Gasteiger partial charge is 0.494 e. The molecule has 2 N–H and O–H groups in total. The average molecular weight is 643 g/mol. The van der Waals surface area contributed by atoms with Crippen LogP contribution in [0.1, 0.15) is 31.9 Å². The molecular weight excluding hydrogens is 600 g/mol. The Morgan fingerprint density at radius 2 is 1.00 bits per heavy atom. The van der Waals surface area contributed by atoms with Crippen LogP contribution >= 0.6 is 0 Å². The number of rotatable bonds is 13. The average Bonchev–Trinajstić information content (AvgIpc) is 3.10. The first-order valence-corrected chi connectivity index (χ1v) is 16.0. The second kappa shape index (κ2) is 16.0. The van der Waals surface area contributed by atoms with E-state index in [0.717, 1.165) is 37.6 Å². The van der Waals surface area contributed by atoms with Crippen LogP contribution in [0.25, 0.3) is 0 Å². The summed E-state index contributed by atoms with van der Waals surface area (Å²) in [6.45, 7) is 12.7. The van der Waals surface area contributed by atoms with Crippen molar-refractivity contribution in [3.63, 3.8) is 0 Å². The van der Waals surface area contributed by atoms with E-state index in [9.17, 15) is 10.5 Å². The normalized spacial score (nSPS) is 14.5. The maximum Gasteiger partial charge on any atom is 0.145 e. The van der Waals surface area contributed by atoms with Crippen molar-refractivity contribution in [1.29, 1.82) is 10.5 Å². The minimum Gasteiger partial charge on any atom is -0.494 e. The fourth-order valence-corrected chi connectivity index (χ4v) is 5.66. The Hall–Kier alpha value is -5.04. The van der Waals surface area contributed by atoms with Crippen LogP contribution < -0.4 is 39.4 Å². The van der Waals surface area contributed by atoms with E-state index in [-0.39, 0.29) is 0 Å². The van der Waals surface area contributed by atoms with Crippen molar-refractivity contribution < 1.29 is 28.4 Å². The number of nitrogens with zero attached hydrogens (tertiary/aromatic N) is 4. The van der Waals surface area contributed by atoms with Crippen molar-refractivity contribution >= 4 is 34.1 Å². The van der Waals surface area contributed by atoms with Crippen molar-refractivity contribution in [3.8, 4) is 35.1 Å². The van der Waals surface area contributed by atoms with E-state index in [4.69, 9.17) is 28.4 Å². The molecule has 0 radical (unpaired) electrons. The van der Waals surface area contributed by atoms with Gasteiger partial charge in [0.2, 0.25) is 0 Å². The maximum atomic E-state index is 10.2. The van der Waals surface area contributed by atoms with Gasteiger partial charge in [0.15, 0.2) is 0 Å². The predicted octanol–water partition coefficient (Wildman–Crippen LogP) is 5.80. The molecule has 0 unspecified atom stereocenters. The number of nitriles is 2. The molecule has 2 aliphatic rings. The summed E-state index contributed by atoms with van der Waals surface area (Å²) >= 11 is 0. The topological polar surface area (TPSA) is 134 Å². The third kappa shape index (κ3) is 7.68. The van der Waals surface area contributed by atoms with Crippen LogP contribution in [0, 0.1) is 22.7 Å². The van der Waals surface area contributed by atoms with Gasteiger partial charge in [-0.2, -0.15) is 10.5 Å². The Bertz CT molecular complexity index is 1620. The Kier molecular flexibility index (Phi) is 11.3. The molecule has 3 aromatic carbocycles. The van der Waals surface area contributed by atoms with E-state index in [1.54, 1.807) is 19.2 Å². The highest BCUT2D eigenvalue weighted by atomic mass is 16.5. The van der Waals surface area contributed by atoms with Gasteiger partial charge in [0.25, 0.3) is 0 Å². The summed E-state index contributed by atoms with van der Waals surface area (Å²) in [7, 11) is 1.60. The molecule has 5 rings (SSSR count). The minimum absolute atomic E-state index is 0.330. The van der Waals surface area contributed by atoms with Gasteiger partial charge in [-0.1, -0.05) is 0 Å². The lowest BCUT2D eigenvalue weighted by Crippen LogP contribution is -2.36. The van der Waals surface area contributed by atoms with Crippen molar-refractivity contribution in [2.24, 2.45) is 0 Å². The van der Waals surface area contributed by atoms with Crippen LogP contribution in [-0.4, -0.2) is 79.5 Å². The van der Waals surface area contributed by atoms with E-state index in [2.05, 4.69) is 32.6 Å². The zero-order chi connectivity index (χ0) is 33.2. The lowest BCUT2D eigenvalue weighted by molar-refractivity contribution is 0.122. The molecule has 3 aromatic rings. The number of nitrogens with one attached hydrogen (secondary N) is 2. The van der Waals surface area contributed by atoms with Crippen molar-refractivity contribution in [2.45, 2.75) is 20.8 Å². The Balaban J connectivity index is 1.50. The third-order valence-corrected chi connectivity index (χ3v) is 7.88. The van der Waals surface area contributed by atoms with Gasteiger partial charge in [0.05, 0.1) is 98.6 Å². The number of ether oxygens (including phenoxy) is 6. The van der Waals surface area contributed by atoms with E-state index in [1.165, 1.54) is 0 Å². The van der Waals surface area contributed by atoms with Crippen molar-refractivity contribution in [1.82, 2.24) is 0 Å². The molecule has 2 heterocycles. The number of hydrogen-bond donors (Lipinski definition) is 2. The first kappa shape index (κ1) is 33.3. The minimum atomic E-state index is 0.330. The summed E-state index contributed by atoms with van der Waals surface area (Å²) in [6, 6.07) is 15.5. The van der Waals surface area contributed by atoms with Crippen molar-refractivity contribution in [2.75, 3.05) is 100.0 Å². The van der Waals surface area contributed by atoms with Gasteiger partial charge >= 0.3 is 0 Å². The molecule has 0 aliphatic carbocycles. The molecule has 2 saturated heterocycles. The molecule has 0 bridgehead atoms. The fourth-order valence-electron chi connectivity index (χ4n) is 5.66. The predicted molar refractivity (Wildman–Crippen MR) is 181 cm³/mol. The lowest BCUT2D eigenvalue weighted by atomic mass is 10.1. The summed E-state index contributed by atoms with van der Waals surface area (Å²) in [6.07, 6.45) is 0. The van der Waals surface area contributed by atoms with Gasteiger partial charge < -0.3 is 48.9 Å². The van der Waals surface area contributed by atoms with E-state index in [0.29, 0.717) is 103 Å². The SMILES string of the molecule is CCOc1cc(N2CCOCC2)c(OCC)cc1Nc1cc(C#N)c(Nc2cc(OCC)c(N3CCOCC3)cc2OC)cc1C#N. The van der Waals surface area contributed by atoms with Gasteiger partial charge in [-0.05, 0) is 32.9 Å². The monoisotopic (exact) mass is 642 g/mol.